The summed E-state index contributed by atoms with van der Waals surface area (Å²) in [5.41, 5.74) is 0. The van der Waals surface area contributed by atoms with Crippen LogP contribution in [0.15, 0.2) is 0 Å². The van der Waals surface area contributed by atoms with Crippen LogP contribution in [0.4, 0.5) is 8.78 Å². The van der Waals surface area contributed by atoms with Crippen molar-refractivity contribution in [3.63, 3.8) is 0 Å². The first-order valence-corrected chi connectivity index (χ1v) is 5.16. The Morgan fingerprint density at radius 1 is 1.20 bits per heavy atom. The van der Waals surface area contributed by atoms with Gasteiger partial charge in [0, 0.05) is 6.54 Å². The van der Waals surface area contributed by atoms with Gasteiger partial charge in [-0.05, 0) is 19.8 Å². The largest absolute Gasteiger partial charge is 0.354 e. The number of hydrogen-bond donors (Lipinski definition) is 2. The van der Waals surface area contributed by atoms with E-state index >= 15 is 0 Å². The molecule has 0 rings (SSSR count). The van der Waals surface area contributed by atoms with Crippen LogP contribution < -0.4 is 10.6 Å². The minimum Gasteiger partial charge on any atom is -0.354 e. The first kappa shape index (κ1) is 14.3. The molecule has 3 nitrogen and oxygen atoms in total. The molecule has 1 amide bonds. The van der Waals surface area contributed by atoms with Crippen molar-refractivity contribution in [1.82, 2.24) is 10.6 Å². The average molecular weight is 222 g/mol. The summed E-state index contributed by atoms with van der Waals surface area (Å²) in [5, 5.41) is 5.22. The zero-order chi connectivity index (χ0) is 12.0. The molecule has 90 valence electrons. The number of halogens is 2. The third-order valence-electron chi connectivity index (χ3n) is 1.97. The van der Waals surface area contributed by atoms with E-state index in [4.69, 9.17) is 0 Å². The van der Waals surface area contributed by atoms with Gasteiger partial charge in [-0.1, -0.05) is 13.8 Å². The van der Waals surface area contributed by atoms with Crippen LogP contribution in [0.2, 0.25) is 0 Å². The smallest absolute Gasteiger partial charge is 0.253 e. The molecule has 15 heavy (non-hydrogen) atoms. The van der Waals surface area contributed by atoms with Gasteiger partial charge in [-0.15, -0.1) is 0 Å². The van der Waals surface area contributed by atoms with Crippen molar-refractivity contribution in [1.29, 1.82) is 0 Å². The number of amides is 1. The lowest BCUT2D eigenvalue weighted by Gasteiger charge is -2.19. The van der Waals surface area contributed by atoms with Crippen LogP contribution in [0.25, 0.3) is 0 Å². The van der Waals surface area contributed by atoms with Gasteiger partial charge in [0.1, 0.15) is 0 Å². The molecule has 0 aromatic carbocycles. The Morgan fingerprint density at radius 3 is 2.13 bits per heavy atom. The molecule has 0 aliphatic carbocycles. The number of hydrogen-bond acceptors (Lipinski definition) is 2. The Balaban J connectivity index is 3.88. The molecular formula is C10H20F2N2O. The lowest BCUT2D eigenvalue weighted by atomic mass is 10.2. The summed E-state index contributed by atoms with van der Waals surface area (Å²) in [6, 6.07) is -1.56. The zero-order valence-corrected chi connectivity index (χ0v) is 9.68. The predicted molar refractivity (Wildman–Crippen MR) is 55.9 cm³/mol. The van der Waals surface area contributed by atoms with Crippen LogP contribution in [-0.4, -0.2) is 31.0 Å². The Morgan fingerprint density at radius 2 is 1.73 bits per heavy atom. The monoisotopic (exact) mass is 222 g/mol. The van der Waals surface area contributed by atoms with Gasteiger partial charge < -0.3 is 5.32 Å². The highest BCUT2D eigenvalue weighted by molar-refractivity contribution is 5.81. The summed E-state index contributed by atoms with van der Waals surface area (Å²) in [7, 11) is 0. The van der Waals surface area contributed by atoms with Gasteiger partial charge in [-0.25, -0.2) is 8.78 Å². The molecule has 0 radical (unpaired) electrons. The Labute approximate surface area is 89.6 Å². The summed E-state index contributed by atoms with van der Waals surface area (Å²) in [5.74, 6) is 0.116. The van der Waals surface area contributed by atoms with E-state index in [1.54, 1.807) is 6.92 Å². The third-order valence-corrected chi connectivity index (χ3v) is 1.97. The second kappa shape index (κ2) is 6.71. The molecule has 0 saturated carbocycles. The van der Waals surface area contributed by atoms with Crippen LogP contribution in [0.3, 0.4) is 0 Å². The number of carbonyl (C=O) groups is 1. The van der Waals surface area contributed by atoms with E-state index in [-0.39, 0.29) is 5.91 Å². The van der Waals surface area contributed by atoms with Crippen molar-refractivity contribution >= 4 is 5.91 Å². The van der Waals surface area contributed by atoms with Crippen LogP contribution in [0.1, 0.15) is 27.7 Å². The van der Waals surface area contributed by atoms with E-state index in [0.29, 0.717) is 12.5 Å². The summed E-state index contributed by atoms with van der Waals surface area (Å²) in [6.07, 6.45) is -2.45. The molecule has 2 N–H and O–H groups in total. The second-order valence-corrected chi connectivity index (χ2v) is 4.15. The van der Waals surface area contributed by atoms with Crippen molar-refractivity contribution in [2.24, 2.45) is 5.92 Å². The highest BCUT2D eigenvalue weighted by atomic mass is 19.3. The molecule has 0 spiro atoms. The van der Waals surface area contributed by atoms with E-state index in [1.165, 1.54) is 6.92 Å². The lowest BCUT2D eigenvalue weighted by Crippen LogP contribution is -2.48. The molecule has 0 aliphatic heterocycles. The van der Waals surface area contributed by atoms with Gasteiger partial charge in [0.15, 0.2) is 0 Å². The van der Waals surface area contributed by atoms with E-state index in [2.05, 4.69) is 10.6 Å². The van der Waals surface area contributed by atoms with Crippen LogP contribution in [-0.2, 0) is 4.79 Å². The molecule has 0 aromatic heterocycles. The van der Waals surface area contributed by atoms with Gasteiger partial charge in [0.05, 0.1) is 12.1 Å². The molecule has 0 saturated heterocycles. The summed E-state index contributed by atoms with van der Waals surface area (Å²) in [4.78, 5) is 11.4. The summed E-state index contributed by atoms with van der Waals surface area (Å²) in [6.45, 7) is 7.44. The van der Waals surface area contributed by atoms with Crippen LogP contribution >= 0.6 is 0 Å². The van der Waals surface area contributed by atoms with E-state index in [9.17, 15) is 13.6 Å². The first-order valence-electron chi connectivity index (χ1n) is 5.16. The molecule has 2 unspecified atom stereocenters. The Hall–Kier alpha value is -0.710. The van der Waals surface area contributed by atoms with Crippen molar-refractivity contribution in [2.75, 3.05) is 6.54 Å². The standard InChI is InChI=1S/C10H20F2N2O/c1-6(2)5-13-10(15)8(4)14-7(3)9(11)12/h6-9,14H,5H2,1-4H3,(H,13,15). The van der Waals surface area contributed by atoms with Gasteiger partial charge in [-0.2, -0.15) is 0 Å². The fourth-order valence-corrected chi connectivity index (χ4v) is 1.00. The highest BCUT2D eigenvalue weighted by Crippen LogP contribution is 2.00. The summed E-state index contributed by atoms with van der Waals surface area (Å²) >= 11 is 0. The maximum Gasteiger partial charge on any atom is 0.253 e. The first-order chi connectivity index (χ1) is 6.84. The lowest BCUT2D eigenvalue weighted by molar-refractivity contribution is -0.123. The van der Waals surface area contributed by atoms with Crippen LogP contribution in [0, 0.1) is 5.92 Å². The average Bonchev–Trinajstić information content (AvgIpc) is 2.13. The molecule has 0 fully saturated rings. The van der Waals surface area contributed by atoms with Crippen molar-refractivity contribution in [2.45, 2.75) is 46.2 Å². The minimum absolute atomic E-state index is 0.240. The summed E-state index contributed by atoms with van der Waals surface area (Å²) < 4.78 is 24.3. The van der Waals surface area contributed by atoms with Crippen molar-refractivity contribution in [3.8, 4) is 0 Å². The number of rotatable bonds is 6. The number of carbonyl (C=O) groups excluding carboxylic acids is 1. The maximum atomic E-state index is 12.2. The molecule has 0 bridgehead atoms. The van der Waals surface area contributed by atoms with Gasteiger partial charge >= 0.3 is 0 Å². The van der Waals surface area contributed by atoms with Crippen molar-refractivity contribution < 1.29 is 13.6 Å². The van der Waals surface area contributed by atoms with Gasteiger partial charge in [0.2, 0.25) is 5.91 Å². The molecule has 0 heterocycles. The molecule has 5 heteroatoms. The Bertz CT molecular complexity index is 198. The SMILES string of the molecule is CC(C)CNC(=O)C(C)NC(C)C(F)F. The Kier molecular flexibility index (Phi) is 6.40. The van der Waals surface area contributed by atoms with Gasteiger partial charge in [0.25, 0.3) is 6.43 Å². The molecular weight excluding hydrogens is 202 g/mol. The van der Waals surface area contributed by atoms with Crippen molar-refractivity contribution in [3.05, 3.63) is 0 Å². The molecule has 2 atom stereocenters. The van der Waals surface area contributed by atoms with E-state index in [1.807, 2.05) is 13.8 Å². The second-order valence-electron chi connectivity index (χ2n) is 4.15. The minimum atomic E-state index is -2.45. The number of alkyl halides is 2. The van der Waals surface area contributed by atoms with Gasteiger partial charge in [-0.3, -0.25) is 10.1 Å². The van der Waals surface area contributed by atoms with E-state index < -0.39 is 18.5 Å². The maximum absolute atomic E-state index is 12.2. The fourth-order valence-electron chi connectivity index (χ4n) is 1.00. The predicted octanol–water partition coefficient (Wildman–Crippen LogP) is 1.39. The highest BCUT2D eigenvalue weighted by Gasteiger charge is 2.20. The van der Waals surface area contributed by atoms with E-state index in [0.717, 1.165) is 0 Å². The normalized spacial score (nSPS) is 15.5. The molecule has 0 aliphatic rings. The fraction of sp³-hybridized carbons (Fsp3) is 0.900. The zero-order valence-electron chi connectivity index (χ0n) is 9.68. The number of nitrogens with one attached hydrogen (secondary N) is 2. The quantitative estimate of drug-likeness (QED) is 0.713. The van der Waals surface area contributed by atoms with Crippen LogP contribution in [0.5, 0.6) is 0 Å². The topological polar surface area (TPSA) is 41.1 Å². The molecule has 0 aromatic rings. The third kappa shape index (κ3) is 6.38.